The molecule has 0 saturated carbocycles. The Hall–Kier alpha value is -1.47. The van der Waals surface area contributed by atoms with Crippen LogP contribution in [-0.2, 0) is 0 Å². The topological polar surface area (TPSA) is 0 Å². The van der Waals surface area contributed by atoms with Crippen molar-refractivity contribution in [2.45, 2.75) is 26.4 Å². The molecule has 2 aliphatic carbocycles. The molecule has 3 rings (SSSR count). The number of hydrogen-bond donors (Lipinski definition) is 0. The minimum absolute atomic E-state index is 0.446. The van der Waals surface area contributed by atoms with Gasteiger partial charge in [0.25, 0.3) is 0 Å². The van der Waals surface area contributed by atoms with Crippen LogP contribution >= 0.6 is 0 Å². The van der Waals surface area contributed by atoms with Crippen molar-refractivity contribution in [1.29, 1.82) is 0 Å². The normalized spacial score (nSPS) is 17.3. The first kappa shape index (κ1) is 11.6. The second-order valence-corrected chi connectivity index (χ2v) is 7.79. The van der Waals surface area contributed by atoms with Gasteiger partial charge in [-0.1, -0.05) is 49.5 Å². The molecule has 2 aliphatic rings. The van der Waals surface area contributed by atoms with Gasteiger partial charge in [0.15, 0.2) is 0 Å². The third-order valence-corrected chi connectivity index (χ3v) is 5.33. The first-order valence-corrected chi connectivity index (χ1v) is 9.04. The van der Waals surface area contributed by atoms with Gasteiger partial charge in [0.1, 0.15) is 0 Å². The fourth-order valence-electron chi connectivity index (χ4n) is 2.94. The number of fused-ring (bicyclic) bond motifs is 1. The summed E-state index contributed by atoms with van der Waals surface area (Å²) in [7, 11) is -0.446. The molecular weight excluding hydrogens is 232 g/mol. The fraction of sp³-hybridized carbons (Fsp3) is 0.235. The van der Waals surface area contributed by atoms with Crippen LogP contribution in [0.4, 0.5) is 0 Å². The van der Waals surface area contributed by atoms with Gasteiger partial charge in [-0.2, -0.15) is 0 Å². The highest BCUT2D eigenvalue weighted by Gasteiger charge is 2.23. The molecule has 0 radical (unpaired) electrons. The van der Waals surface area contributed by atoms with Crippen molar-refractivity contribution in [3.8, 4) is 0 Å². The van der Waals surface area contributed by atoms with Crippen molar-refractivity contribution in [1.82, 2.24) is 0 Å². The van der Waals surface area contributed by atoms with E-state index in [0.717, 1.165) is 6.42 Å². The van der Waals surface area contributed by atoms with Gasteiger partial charge >= 0.3 is 0 Å². The Morgan fingerprint density at radius 3 is 2.56 bits per heavy atom. The maximum Gasteiger partial charge on any atom is 0.0144 e. The van der Waals surface area contributed by atoms with E-state index in [1.54, 1.807) is 5.17 Å². The molecule has 0 aliphatic heterocycles. The van der Waals surface area contributed by atoms with Crippen LogP contribution in [0.1, 0.15) is 24.5 Å². The molecule has 1 aromatic carbocycles. The van der Waals surface area contributed by atoms with Gasteiger partial charge in [-0.3, -0.25) is 0 Å². The van der Waals surface area contributed by atoms with Crippen LogP contribution in [0.3, 0.4) is 0 Å². The highest BCUT2D eigenvalue weighted by atomic mass is 28.2. The quantitative estimate of drug-likeness (QED) is 0.655. The third kappa shape index (κ3) is 1.70. The van der Waals surface area contributed by atoms with E-state index in [0.29, 0.717) is 0 Å². The summed E-state index contributed by atoms with van der Waals surface area (Å²) in [5, 5.41) is 1.62. The molecule has 18 heavy (non-hydrogen) atoms. The molecule has 0 fully saturated rings. The van der Waals surface area contributed by atoms with Crippen LogP contribution < -0.4 is 0 Å². The Balaban J connectivity index is 2.19. The Morgan fingerprint density at radius 1 is 1.11 bits per heavy atom. The van der Waals surface area contributed by atoms with E-state index in [-0.39, 0.29) is 0 Å². The van der Waals surface area contributed by atoms with Crippen LogP contribution in [0.15, 0.2) is 53.1 Å². The fourth-order valence-corrected chi connectivity index (χ4v) is 4.47. The van der Waals surface area contributed by atoms with Crippen molar-refractivity contribution < 1.29 is 0 Å². The van der Waals surface area contributed by atoms with Gasteiger partial charge in [0.2, 0.25) is 0 Å². The van der Waals surface area contributed by atoms with Gasteiger partial charge in [0.05, 0.1) is 0 Å². The Bertz CT molecular complexity index is 635. The smallest absolute Gasteiger partial charge is 0.0144 e. The summed E-state index contributed by atoms with van der Waals surface area (Å²) in [6.45, 7) is 7.03. The first-order chi connectivity index (χ1) is 8.68. The summed E-state index contributed by atoms with van der Waals surface area (Å²) in [6.07, 6.45) is 8.04. The maximum absolute atomic E-state index is 2.40. The molecule has 0 saturated heterocycles. The van der Waals surface area contributed by atoms with E-state index in [2.05, 4.69) is 62.5 Å². The molecule has 0 spiro atoms. The molecule has 90 valence electrons. The highest BCUT2D eigenvalue weighted by Crippen LogP contribution is 2.35. The molecular formula is C17H18Si. The van der Waals surface area contributed by atoms with Crippen molar-refractivity contribution in [3.05, 3.63) is 64.3 Å². The first-order valence-electron chi connectivity index (χ1n) is 6.54. The summed E-state index contributed by atoms with van der Waals surface area (Å²) in [5.41, 5.74) is 7.36. The SMILES string of the molecule is CC1=C(C2=Cc3ccccc3C2=[Si](C)C)CC=C1. The molecule has 0 nitrogen and oxygen atoms in total. The Labute approximate surface area is 111 Å². The lowest BCUT2D eigenvalue weighted by Crippen LogP contribution is -2.13. The molecule has 1 aromatic rings. The van der Waals surface area contributed by atoms with Crippen LogP contribution in [0.25, 0.3) is 6.08 Å². The Kier molecular flexibility index (Phi) is 2.79. The highest BCUT2D eigenvalue weighted by molar-refractivity contribution is 6.76. The number of hydrogen-bond acceptors (Lipinski definition) is 0. The zero-order valence-corrected chi connectivity index (χ0v) is 12.2. The van der Waals surface area contributed by atoms with Gasteiger partial charge in [-0.25, -0.2) is 0 Å². The second-order valence-electron chi connectivity index (χ2n) is 5.29. The van der Waals surface area contributed by atoms with Crippen LogP contribution in [-0.4, -0.2) is 13.6 Å². The number of benzene rings is 1. The minimum atomic E-state index is -0.446. The van der Waals surface area contributed by atoms with Crippen molar-refractivity contribution >= 4 is 19.7 Å². The molecule has 0 N–H and O–H groups in total. The average molecular weight is 250 g/mol. The van der Waals surface area contributed by atoms with Gasteiger partial charge in [0, 0.05) is 8.41 Å². The van der Waals surface area contributed by atoms with E-state index < -0.39 is 8.41 Å². The van der Waals surface area contributed by atoms with Gasteiger partial charge in [-0.15, -0.1) is 0 Å². The molecule has 0 atom stereocenters. The van der Waals surface area contributed by atoms with Gasteiger partial charge < -0.3 is 0 Å². The lowest BCUT2D eigenvalue weighted by atomic mass is 10.00. The monoisotopic (exact) mass is 250 g/mol. The standard InChI is InChI=1S/C17H18Si/c1-12-7-6-10-14(12)16-11-13-8-4-5-9-15(13)17(16)18(2)3/h4-9,11H,10H2,1-3H3. The van der Waals surface area contributed by atoms with Crippen LogP contribution in [0.5, 0.6) is 0 Å². The van der Waals surface area contributed by atoms with Crippen LogP contribution in [0.2, 0.25) is 13.1 Å². The van der Waals surface area contributed by atoms with Crippen LogP contribution in [0, 0.1) is 0 Å². The second kappa shape index (κ2) is 4.32. The summed E-state index contributed by atoms with van der Waals surface area (Å²) >= 11 is 0. The lowest BCUT2D eigenvalue weighted by Gasteiger charge is -2.12. The summed E-state index contributed by atoms with van der Waals surface area (Å²) in [6, 6.07) is 8.83. The zero-order chi connectivity index (χ0) is 12.7. The zero-order valence-electron chi connectivity index (χ0n) is 11.2. The van der Waals surface area contributed by atoms with Crippen molar-refractivity contribution in [3.63, 3.8) is 0 Å². The molecule has 1 heteroatoms. The molecule has 0 aromatic heterocycles. The lowest BCUT2D eigenvalue weighted by molar-refractivity contribution is 1.28. The number of rotatable bonds is 1. The van der Waals surface area contributed by atoms with E-state index in [1.165, 1.54) is 27.8 Å². The van der Waals surface area contributed by atoms with E-state index in [1.807, 2.05) is 0 Å². The predicted molar refractivity (Wildman–Crippen MR) is 82.5 cm³/mol. The molecule has 0 heterocycles. The summed E-state index contributed by atoms with van der Waals surface area (Å²) in [5.74, 6) is 0. The number of allylic oxidation sites excluding steroid dienone is 5. The largest absolute Gasteiger partial charge is 0.0798 e. The van der Waals surface area contributed by atoms with Crippen molar-refractivity contribution in [2.24, 2.45) is 0 Å². The molecule has 0 bridgehead atoms. The summed E-state index contributed by atoms with van der Waals surface area (Å²) < 4.78 is 0. The average Bonchev–Trinajstić information content (AvgIpc) is 2.91. The van der Waals surface area contributed by atoms with Gasteiger partial charge in [-0.05, 0) is 52.4 Å². The maximum atomic E-state index is 2.40. The van der Waals surface area contributed by atoms with E-state index in [9.17, 15) is 0 Å². The predicted octanol–water partition coefficient (Wildman–Crippen LogP) is 4.22. The molecule has 0 unspecified atom stereocenters. The summed E-state index contributed by atoms with van der Waals surface area (Å²) in [4.78, 5) is 0. The minimum Gasteiger partial charge on any atom is -0.0798 e. The third-order valence-electron chi connectivity index (χ3n) is 3.79. The van der Waals surface area contributed by atoms with E-state index in [4.69, 9.17) is 0 Å². The molecule has 0 amide bonds. The van der Waals surface area contributed by atoms with Crippen molar-refractivity contribution in [2.75, 3.05) is 0 Å². The Morgan fingerprint density at radius 2 is 1.89 bits per heavy atom. The van der Waals surface area contributed by atoms with E-state index >= 15 is 0 Å².